The number of benzene rings is 1. The largest absolute Gasteiger partial charge is 0.454 e. The Kier molecular flexibility index (Phi) is 3.51. The Morgan fingerprint density at radius 3 is 2.68 bits per heavy atom. The zero-order valence-corrected chi connectivity index (χ0v) is 12.3. The number of rotatable bonds is 4. The molecule has 0 saturated heterocycles. The van der Waals surface area contributed by atoms with E-state index in [2.05, 4.69) is 10.0 Å². The molecule has 0 spiro atoms. The summed E-state index contributed by atoms with van der Waals surface area (Å²) in [6.07, 6.45) is 0. The molecule has 2 heterocycles. The zero-order chi connectivity index (χ0) is 15.7. The van der Waals surface area contributed by atoms with E-state index in [1.165, 1.54) is 19.2 Å². The minimum absolute atomic E-state index is 0.119. The van der Waals surface area contributed by atoms with E-state index >= 15 is 0 Å². The number of anilines is 1. The van der Waals surface area contributed by atoms with Gasteiger partial charge in [0.2, 0.25) is 11.9 Å². The third-order valence-corrected chi connectivity index (χ3v) is 4.26. The number of amides is 1. The summed E-state index contributed by atoms with van der Waals surface area (Å²) in [5.74, 6) is 0.428. The predicted octanol–water partition coefficient (Wildman–Crippen LogP) is 1.17. The summed E-state index contributed by atoms with van der Waals surface area (Å²) in [6.45, 7) is 0.135. The van der Waals surface area contributed by atoms with Gasteiger partial charge in [-0.2, -0.15) is 0 Å². The summed E-state index contributed by atoms with van der Waals surface area (Å²) in [5.41, 5.74) is 0.476. The van der Waals surface area contributed by atoms with Crippen molar-refractivity contribution in [2.24, 2.45) is 0 Å². The monoisotopic (exact) mass is 324 g/mol. The van der Waals surface area contributed by atoms with Crippen molar-refractivity contribution in [3.05, 3.63) is 36.1 Å². The van der Waals surface area contributed by atoms with Crippen LogP contribution in [0, 0.1) is 0 Å². The van der Waals surface area contributed by atoms with Gasteiger partial charge in [-0.15, -0.1) is 0 Å². The Balaban J connectivity index is 1.78. The van der Waals surface area contributed by atoms with Crippen LogP contribution in [-0.2, 0) is 10.0 Å². The summed E-state index contributed by atoms with van der Waals surface area (Å²) in [6, 6.07) is 7.40. The Morgan fingerprint density at radius 2 is 1.91 bits per heavy atom. The van der Waals surface area contributed by atoms with Crippen LogP contribution in [0.2, 0.25) is 0 Å². The van der Waals surface area contributed by atoms with Crippen molar-refractivity contribution >= 4 is 21.6 Å². The Labute approximate surface area is 126 Å². The Bertz CT molecular complexity index is 827. The van der Waals surface area contributed by atoms with Gasteiger partial charge in [0.15, 0.2) is 17.3 Å². The van der Waals surface area contributed by atoms with Gasteiger partial charge in [-0.1, -0.05) is 0 Å². The van der Waals surface area contributed by atoms with Gasteiger partial charge in [-0.05, 0) is 31.3 Å². The van der Waals surface area contributed by atoms with Gasteiger partial charge in [0.1, 0.15) is 0 Å². The molecule has 1 amide bonds. The van der Waals surface area contributed by atoms with Gasteiger partial charge in [-0.3, -0.25) is 4.79 Å². The van der Waals surface area contributed by atoms with Gasteiger partial charge < -0.3 is 19.2 Å². The minimum atomic E-state index is -3.72. The molecule has 9 heteroatoms. The maximum Gasteiger partial charge on any atom is 0.291 e. The number of furan rings is 1. The summed E-state index contributed by atoms with van der Waals surface area (Å²) in [7, 11) is -2.47. The van der Waals surface area contributed by atoms with Crippen LogP contribution in [0.15, 0.2) is 39.8 Å². The maximum atomic E-state index is 12.1. The number of hydrogen-bond donors (Lipinski definition) is 2. The molecule has 0 bridgehead atoms. The highest BCUT2D eigenvalue weighted by atomic mass is 32.2. The van der Waals surface area contributed by atoms with Crippen molar-refractivity contribution < 1.29 is 27.1 Å². The average Bonchev–Trinajstić information content (AvgIpc) is 3.16. The topological polar surface area (TPSA) is 107 Å². The SMILES string of the molecule is CNS(=O)(=O)c1ccc(C(=O)Nc2ccc3c(c2)OCO3)o1. The van der Waals surface area contributed by atoms with Crippen molar-refractivity contribution in [3.8, 4) is 11.5 Å². The molecule has 1 aromatic carbocycles. The van der Waals surface area contributed by atoms with Crippen LogP contribution < -0.4 is 19.5 Å². The number of ether oxygens (including phenoxy) is 2. The molecular weight excluding hydrogens is 312 g/mol. The van der Waals surface area contributed by atoms with Gasteiger partial charge >= 0.3 is 0 Å². The molecule has 0 unspecified atom stereocenters. The molecule has 8 nitrogen and oxygen atoms in total. The first-order valence-corrected chi connectivity index (χ1v) is 7.72. The van der Waals surface area contributed by atoms with E-state index < -0.39 is 15.9 Å². The molecule has 1 aliphatic rings. The van der Waals surface area contributed by atoms with E-state index in [4.69, 9.17) is 13.9 Å². The molecule has 2 aromatic rings. The lowest BCUT2D eigenvalue weighted by Crippen LogP contribution is -2.18. The number of carbonyl (C=O) groups is 1. The van der Waals surface area contributed by atoms with Crippen LogP contribution in [0.3, 0.4) is 0 Å². The highest BCUT2D eigenvalue weighted by Gasteiger charge is 2.20. The molecule has 0 radical (unpaired) electrons. The molecule has 2 N–H and O–H groups in total. The van der Waals surface area contributed by atoms with E-state index in [-0.39, 0.29) is 17.6 Å². The average molecular weight is 324 g/mol. The van der Waals surface area contributed by atoms with Crippen molar-refractivity contribution in [1.82, 2.24) is 4.72 Å². The highest BCUT2D eigenvalue weighted by molar-refractivity contribution is 7.89. The van der Waals surface area contributed by atoms with E-state index in [0.717, 1.165) is 0 Å². The van der Waals surface area contributed by atoms with E-state index in [1.807, 2.05) is 0 Å². The van der Waals surface area contributed by atoms with Crippen LogP contribution in [0.25, 0.3) is 0 Å². The smallest absolute Gasteiger partial charge is 0.291 e. The summed E-state index contributed by atoms with van der Waals surface area (Å²) >= 11 is 0. The lowest BCUT2D eigenvalue weighted by Gasteiger charge is -2.04. The third-order valence-electron chi connectivity index (χ3n) is 2.97. The second kappa shape index (κ2) is 5.35. The first-order chi connectivity index (χ1) is 10.5. The van der Waals surface area contributed by atoms with Gasteiger partial charge in [0, 0.05) is 11.8 Å². The van der Waals surface area contributed by atoms with Crippen LogP contribution in [0.1, 0.15) is 10.6 Å². The molecule has 0 atom stereocenters. The fourth-order valence-corrected chi connectivity index (χ4v) is 2.50. The molecule has 0 aliphatic carbocycles. The number of nitrogens with one attached hydrogen (secondary N) is 2. The molecule has 0 fully saturated rings. The Morgan fingerprint density at radius 1 is 1.14 bits per heavy atom. The normalized spacial score (nSPS) is 13.1. The predicted molar refractivity (Wildman–Crippen MR) is 75.5 cm³/mol. The van der Waals surface area contributed by atoms with E-state index in [0.29, 0.717) is 17.2 Å². The Hall–Kier alpha value is -2.52. The maximum absolute atomic E-state index is 12.1. The number of carbonyl (C=O) groups excluding carboxylic acids is 1. The van der Waals surface area contributed by atoms with Gasteiger partial charge in [0.25, 0.3) is 15.9 Å². The summed E-state index contributed by atoms with van der Waals surface area (Å²) < 4.78 is 40.6. The number of fused-ring (bicyclic) bond motifs is 1. The minimum Gasteiger partial charge on any atom is -0.454 e. The van der Waals surface area contributed by atoms with E-state index in [1.54, 1.807) is 18.2 Å². The van der Waals surface area contributed by atoms with Gasteiger partial charge in [0.05, 0.1) is 0 Å². The summed E-state index contributed by atoms with van der Waals surface area (Å²) in [4.78, 5) is 12.1. The number of sulfonamides is 1. The third kappa shape index (κ3) is 2.63. The first kappa shape index (κ1) is 14.4. The molecule has 22 heavy (non-hydrogen) atoms. The van der Waals surface area contributed by atoms with Crippen molar-refractivity contribution in [1.29, 1.82) is 0 Å². The van der Waals surface area contributed by atoms with Crippen LogP contribution in [-0.4, -0.2) is 28.2 Å². The standard InChI is InChI=1S/C13H12N2O6S/c1-14-22(17,18)12-5-4-10(21-12)13(16)15-8-2-3-9-11(6-8)20-7-19-9/h2-6,14H,7H2,1H3,(H,15,16). The zero-order valence-electron chi connectivity index (χ0n) is 11.5. The lowest BCUT2D eigenvalue weighted by molar-refractivity contribution is 0.0991. The number of hydrogen-bond acceptors (Lipinski definition) is 6. The quantitative estimate of drug-likeness (QED) is 0.874. The van der Waals surface area contributed by atoms with Crippen LogP contribution >= 0.6 is 0 Å². The second-order valence-electron chi connectivity index (χ2n) is 4.35. The highest BCUT2D eigenvalue weighted by Crippen LogP contribution is 2.34. The van der Waals surface area contributed by atoms with Crippen LogP contribution in [0.5, 0.6) is 11.5 Å². The molecule has 1 aromatic heterocycles. The van der Waals surface area contributed by atoms with Crippen molar-refractivity contribution in [2.45, 2.75) is 5.09 Å². The fraction of sp³-hybridized carbons (Fsp3) is 0.154. The lowest BCUT2D eigenvalue weighted by atomic mass is 10.2. The second-order valence-corrected chi connectivity index (χ2v) is 6.17. The molecule has 116 valence electrons. The molecule has 0 saturated carbocycles. The summed E-state index contributed by atoms with van der Waals surface area (Å²) in [5, 5.41) is 2.26. The van der Waals surface area contributed by atoms with Crippen molar-refractivity contribution in [3.63, 3.8) is 0 Å². The molecular formula is C13H12N2O6S. The van der Waals surface area contributed by atoms with Gasteiger partial charge in [-0.25, -0.2) is 13.1 Å². The molecule has 3 rings (SSSR count). The first-order valence-electron chi connectivity index (χ1n) is 6.24. The fourth-order valence-electron chi connectivity index (χ4n) is 1.85. The molecule has 1 aliphatic heterocycles. The van der Waals surface area contributed by atoms with E-state index in [9.17, 15) is 13.2 Å². The van der Waals surface area contributed by atoms with Crippen molar-refractivity contribution in [2.75, 3.05) is 19.2 Å². The van der Waals surface area contributed by atoms with Crippen LogP contribution in [0.4, 0.5) is 5.69 Å².